The zero-order valence-electron chi connectivity index (χ0n) is 20.3. The Morgan fingerprint density at radius 1 is 1.16 bits per heavy atom. The molecule has 2 aromatic carbocycles. The number of hydrogen-bond donors (Lipinski definition) is 3. The van der Waals surface area contributed by atoms with E-state index in [1.54, 1.807) is 17.0 Å². The number of aliphatic hydroxyl groups excluding tert-OH is 1. The van der Waals surface area contributed by atoms with Crippen LogP contribution in [-0.4, -0.2) is 50.9 Å². The van der Waals surface area contributed by atoms with Crippen molar-refractivity contribution < 1.29 is 31.1 Å². The summed E-state index contributed by atoms with van der Waals surface area (Å²) in [4.78, 5) is 15.3. The number of amidine groups is 1. The highest BCUT2D eigenvalue weighted by atomic mass is 32.2. The van der Waals surface area contributed by atoms with Gasteiger partial charge in [-0.1, -0.05) is 12.1 Å². The number of carbonyl (C=O) groups excluding carboxylic acids is 1. The molecule has 0 spiro atoms. The molecule has 2 aliphatic carbocycles. The highest BCUT2D eigenvalue weighted by molar-refractivity contribution is 7.92. The van der Waals surface area contributed by atoms with Crippen LogP contribution in [0.2, 0.25) is 0 Å². The number of anilines is 2. The van der Waals surface area contributed by atoms with E-state index in [0.29, 0.717) is 5.56 Å². The molecule has 0 unspecified atom stereocenters. The van der Waals surface area contributed by atoms with Crippen molar-refractivity contribution in [2.75, 3.05) is 16.3 Å². The minimum absolute atomic E-state index is 0.0429. The molecular weight excluding hydrogens is 535 g/mol. The number of halogens is 1. The molecular formula is C25H25FN4O6S2. The van der Waals surface area contributed by atoms with Crippen LogP contribution in [0.15, 0.2) is 63.1 Å². The molecule has 6 rings (SSSR count). The van der Waals surface area contributed by atoms with E-state index >= 15 is 0 Å². The lowest BCUT2D eigenvalue weighted by Gasteiger charge is -2.44. The van der Waals surface area contributed by atoms with Gasteiger partial charge in [0.05, 0.1) is 11.9 Å². The molecule has 2 aliphatic heterocycles. The van der Waals surface area contributed by atoms with Crippen LogP contribution in [0.5, 0.6) is 0 Å². The highest BCUT2D eigenvalue weighted by Gasteiger charge is 2.57. The normalized spacial score (nSPS) is 27.5. The van der Waals surface area contributed by atoms with Crippen LogP contribution in [0, 0.1) is 23.6 Å². The molecule has 2 aromatic rings. The second-order valence-electron chi connectivity index (χ2n) is 10.3. The van der Waals surface area contributed by atoms with Crippen molar-refractivity contribution >= 4 is 43.2 Å². The largest absolute Gasteiger partial charge is 0.511 e. The Labute approximate surface area is 219 Å². The number of nitrogens with one attached hydrogen (secondary N) is 2. The number of sulfonamides is 2. The fourth-order valence-electron chi connectivity index (χ4n) is 6.38. The Kier molecular flexibility index (Phi) is 5.58. The number of fused-ring (bicyclic) bond motifs is 6. The number of benzene rings is 2. The molecule has 3 N–H and O–H groups in total. The highest BCUT2D eigenvalue weighted by Crippen LogP contribution is 2.55. The second kappa shape index (κ2) is 8.53. The van der Waals surface area contributed by atoms with Gasteiger partial charge in [-0.15, -0.1) is 4.40 Å². The van der Waals surface area contributed by atoms with Gasteiger partial charge >= 0.3 is 0 Å². The van der Waals surface area contributed by atoms with E-state index < -0.39 is 31.8 Å². The lowest BCUT2D eigenvalue weighted by Crippen LogP contribution is -2.53. The third-order valence-corrected chi connectivity index (χ3v) is 9.73. The summed E-state index contributed by atoms with van der Waals surface area (Å²) in [5.74, 6) is -1.38. The molecule has 10 nitrogen and oxygen atoms in total. The zero-order chi connectivity index (χ0) is 27.0. The molecule has 0 saturated heterocycles. The summed E-state index contributed by atoms with van der Waals surface area (Å²) >= 11 is 0. The molecule has 2 saturated carbocycles. The molecule has 4 aliphatic rings. The van der Waals surface area contributed by atoms with Crippen LogP contribution in [0.4, 0.5) is 15.8 Å². The first-order valence-electron chi connectivity index (χ1n) is 12.1. The first kappa shape index (κ1) is 24.9. The van der Waals surface area contributed by atoms with Crippen molar-refractivity contribution in [3.63, 3.8) is 0 Å². The van der Waals surface area contributed by atoms with E-state index in [-0.39, 0.29) is 63.8 Å². The van der Waals surface area contributed by atoms with E-state index in [9.17, 15) is 31.1 Å². The molecule has 2 fully saturated rings. The molecule has 1 amide bonds. The molecule has 38 heavy (non-hydrogen) atoms. The first-order chi connectivity index (χ1) is 17.9. The standard InChI is InChI=1S/C25H25FN4O6S2/c1-37(33,34)28-17-8-9-18-19(11-17)38(35,36)29-24(27-18)21-23(31)20-14-4-5-15(10-14)22(20)30(25(21)32)12-13-2-6-16(26)7-3-13/h2-3,6-9,11,14-15,20,22,28,31H,4-5,10,12H2,1H3,(H,27,29)/t14-,15+,20+,22-/m0/s1. The van der Waals surface area contributed by atoms with Crippen molar-refractivity contribution in [3.8, 4) is 0 Å². The molecule has 200 valence electrons. The molecule has 0 radical (unpaired) electrons. The summed E-state index contributed by atoms with van der Waals surface area (Å²) < 4.78 is 69.0. The molecule has 2 heterocycles. The van der Waals surface area contributed by atoms with Crippen LogP contribution in [0.1, 0.15) is 24.8 Å². The van der Waals surface area contributed by atoms with Crippen LogP contribution >= 0.6 is 0 Å². The Morgan fingerprint density at radius 3 is 2.58 bits per heavy atom. The summed E-state index contributed by atoms with van der Waals surface area (Å²) in [6.45, 7) is 0.178. The maximum Gasteiger partial charge on any atom is 0.286 e. The zero-order valence-corrected chi connectivity index (χ0v) is 21.9. The summed E-state index contributed by atoms with van der Waals surface area (Å²) in [7, 11) is -7.99. The lowest BCUT2D eigenvalue weighted by molar-refractivity contribution is -0.134. The van der Waals surface area contributed by atoms with Crippen molar-refractivity contribution in [2.24, 2.45) is 22.2 Å². The van der Waals surface area contributed by atoms with Crippen LogP contribution in [-0.2, 0) is 31.4 Å². The van der Waals surface area contributed by atoms with Crippen molar-refractivity contribution in [2.45, 2.75) is 36.7 Å². The number of aliphatic hydroxyl groups is 1. The third-order valence-electron chi connectivity index (χ3n) is 7.81. The average Bonchev–Trinajstić information content (AvgIpc) is 3.45. The van der Waals surface area contributed by atoms with Gasteiger partial charge in [0.25, 0.3) is 15.9 Å². The van der Waals surface area contributed by atoms with Crippen molar-refractivity contribution in [3.05, 3.63) is 65.2 Å². The number of rotatable bonds is 5. The van der Waals surface area contributed by atoms with Gasteiger partial charge in [0.1, 0.15) is 22.0 Å². The number of hydrogen-bond acceptors (Lipinski definition) is 7. The summed E-state index contributed by atoms with van der Waals surface area (Å²) in [6.07, 6.45) is 3.64. The maximum atomic E-state index is 13.9. The molecule has 13 heteroatoms. The number of nitrogens with zero attached hydrogens (tertiary/aromatic N) is 2. The van der Waals surface area contributed by atoms with E-state index in [1.807, 2.05) is 0 Å². The molecule has 2 bridgehead atoms. The smallest absolute Gasteiger partial charge is 0.286 e. The Bertz CT molecular complexity index is 1640. The average molecular weight is 561 g/mol. The van der Waals surface area contributed by atoms with Gasteiger partial charge in [0, 0.05) is 24.2 Å². The molecule has 4 atom stereocenters. The monoisotopic (exact) mass is 560 g/mol. The van der Waals surface area contributed by atoms with Crippen molar-refractivity contribution in [1.29, 1.82) is 0 Å². The quantitative estimate of drug-likeness (QED) is 0.510. The minimum atomic E-state index is -4.35. The van der Waals surface area contributed by atoms with Gasteiger partial charge in [0.15, 0.2) is 5.84 Å². The van der Waals surface area contributed by atoms with Gasteiger partial charge in [-0.2, -0.15) is 8.42 Å². The SMILES string of the molecule is CS(=O)(=O)Nc1ccc2c(c1)S(=O)(=O)N=C(C1=C(O)[C@@H]3[C@H]4CC[C@H](C4)[C@@H]3N(Cc3ccc(F)cc3)C1=O)N2. The first-order valence-corrected chi connectivity index (χ1v) is 15.5. The van der Waals surface area contributed by atoms with E-state index in [4.69, 9.17) is 0 Å². The summed E-state index contributed by atoms with van der Waals surface area (Å²) in [5, 5.41) is 14.3. The van der Waals surface area contributed by atoms with Gasteiger partial charge in [-0.25, -0.2) is 12.8 Å². The predicted molar refractivity (Wildman–Crippen MR) is 138 cm³/mol. The fourth-order valence-corrected chi connectivity index (χ4v) is 8.08. The van der Waals surface area contributed by atoms with Crippen LogP contribution in [0.25, 0.3) is 0 Å². The fraction of sp³-hybridized carbons (Fsp3) is 0.360. The van der Waals surface area contributed by atoms with Crippen LogP contribution in [0.3, 0.4) is 0 Å². The molecule has 0 aromatic heterocycles. The topological polar surface area (TPSA) is 145 Å². The summed E-state index contributed by atoms with van der Waals surface area (Å²) in [6, 6.07) is 9.49. The van der Waals surface area contributed by atoms with E-state index in [2.05, 4.69) is 14.4 Å². The third kappa shape index (κ3) is 4.13. The van der Waals surface area contributed by atoms with Gasteiger partial charge in [0.2, 0.25) is 10.0 Å². The van der Waals surface area contributed by atoms with Gasteiger partial charge < -0.3 is 15.3 Å². The summed E-state index contributed by atoms with van der Waals surface area (Å²) in [5.41, 5.74) is 0.654. The van der Waals surface area contributed by atoms with Gasteiger partial charge in [-0.05, 0) is 67.0 Å². The Balaban J connectivity index is 1.41. The Morgan fingerprint density at radius 2 is 1.87 bits per heavy atom. The number of amides is 1. The number of carbonyl (C=O) groups is 1. The van der Waals surface area contributed by atoms with Crippen LogP contribution < -0.4 is 10.0 Å². The van der Waals surface area contributed by atoms with Gasteiger partial charge in [-0.3, -0.25) is 9.52 Å². The maximum absolute atomic E-state index is 13.9. The second-order valence-corrected chi connectivity index (χ2v) is 13.6. The lowest BCUT2D eigenvalue weighted by atomic mass is 9.77. The van der Waals surface area contributed by atoms with Crippen molar-refractivity contribution in [1.82, 2.24) is 4.90 Å². The minimum Gasteiger partial charge on any atom is -0.511 e. The predicted octanol–water partition coefficient (Wildman–Crippen LogP) is 2.98. The Hall–Kier alpha value is -3.45. The van der Waals surface area contributed by atoms with E-state index in [0.717, 1.165) is 31.6 Å². The van der Waals surface area contributed by atoms with E-state index in [1.165, 1.54) is 24.3 Å².